The number of hydrogen-bond acceptors (Lipinski definition) is 4. The summed E-state index contributed by atoms with van der Waals surface area (Å²) in [5.74, 6) is -0.390. The first-order chi connectivity index (χ1) is 8.49. The molecule has 1 aromatic rings. The van der Waals surface area contributed by atoms with E-state index < -0.39 is 12.0 Å². The summed E-state index contributed by atoms with van der Waals surface area (Å²) in [5.41, 5.74) is 1.33. The molecule has 0 saturated heterocycles. The smallest absolute Gasteiger partial charge is 0.328 e. The summed E-state index contributed by atoms with van der Waals surface area (Å²) in [6, 6.07) is 4.57. The molecule has 1 aromatic carbocycles. The fraction of sp³-hybridized carbons (Fsp3) is 0.385. The fourth-order valence-corrected chi connectivity index (χ4v) is 1.51. The lowest BCUT2D eigenvalue weighted by molar-refractivity contribution is -0.142. The van der Waals surface area contributed by atoms with Crippen LogP contribution in [0.4, 0.5) is 0 Å². The van der Waals surface area contributed by atoms with Crippen LogP contribution in [0, 0.1) is 6.92 Å². The molecule has 0 aromatic heterocycles. The van der Waals surface area contributed by atoms with Gasteiger partial charge in [0.25, 0.3) is 5.91 Å². The lowest BCUT2D eigenvalue weighted by Gasteiger charge is -2.13. The van der Waals surface area contributed by atoms with Crippen molar-refractivity contribution in [1.29, 1.82) is 0 Å². The highest BCUT2D eigenvalue weighted by Gasteiger charge is 2.19. The lowest BCUT2D eigenvalue weighted by Crippen LogP contribution is -2.39. The summed E-state index contributed by atoms with van der Waals surface area (Å²) in [6.45, 7) is 3.44. The molecule has 98 valence electrons. The minimum absolute atomic E-state index is 0.367. The zero-order valence-electron chi connectivity index (χ0n) is 10.9. The van der Waals surface area contributed by atoms with E-state index in [2.05, 4.69) is 10.1 Å². The molecule has 1 amide bonds. The van der Waals surface area contributed by atoms with Crippen molar-refractivity contribution in [2.24, 2.45) is 0 Å². The Bertz CT molecular complexity index is 456. The van der Waals surface area contributed by atoms with Crippen LogP contribution in [0.3, 0.4) is 0 Å². The van der Waals surface area contributed by atoms with Crippen LogP contribution in [-0.4, -0.2) is 32.1 Å². The van der Waals surface area contributed by atoms with E-state index in [0.717, 1.165) is 5.56 Å². The summed E-state index contributed by atoms with van der Waals surface area (Å²) < 4.78 is 9.66. The first kappa shape index (κ1) is 14.0. The van der Waals surface area contributed by atoms with Gasteiger partial charge >= 0.3 is 5.97 Å². The van der Waals surface area contributed by atoms with Crippen molar-refractivity contribution in [1.82, 2.24) is 5.32 Å². The van der Waals surface area contributed by atoms with E-state index in [4.69, 9.17) is 4.74 Å². The van der Waals surface area contributed by atoms with Gasteiger partial charge in [0, 0.05) is 0 Å². The molecule has 5 nitrogen and oxygen atoms in total. The number of benzene rings is 1. The van der Waals surface area contributed by atoms with Crippen LogP contribution >= 0.6 is 0 Å². The number of carbonyl (C=O) groups is 2. The molecule has 0 aliphatic carbocycles. The highest BCUT2D eigenvalue weighted by molar-refractivity contribution is 5.99. The van der Waals surface area contributed by atoms with Gasteiger partial charge in [0.15, 0.2) is 0 Å². The summed E-state index contributed by atoms with van der Waals surface area (Å²) in [5, 5.41) is 2.56. The Morgan fingerprint density at radius 1 is 1.28 bits per heavy atom. The number of aryl methyl sites for hydroxylation is 1. The van der Waals surface area contributed by atoms with Crippen LogP contribution in [0.2, 0.25) is 0 Å². The molecule has 18 heavy (non-hydrogen) atoms. The van der Waals surface area contributed by atoms with Crippen molar-refractivity contribution in [2.45, 2.75) is 19.9 Å². The van der Waals surface area contributed by atoms with Crippen LogP contribution in [0.5, 0.6) is 5.75 Å². The lowest BCUT2D eigenvalue weighted by atomic mass is 10.1. The number of hydrogen-bond donors (Lipinski definition) is 1. The Hall–Kier alpha value is -2.04. The first-order valence-corrected chi connectivity index (χ1v) is 5.53. The Balaban J connectivity index is 2.90. The third-order valence-electron chi connectivity index (χ3n) is 2.50. The predicted octanol–water partition coefficient (Wildman–Crippen LogP) is 1.29. The van der Waals surface area contributed by atoms with Gasteiger partial charge < -0.3 is 14.8 Å². The maximum absolute atomic E-state index is 12.0. The van der Waals surface area contributed by atoms with E-state index in [-0.39, 0.29) is 5.91 Å². The van der Waals surface area contributed by atoms with Crippen LogP contribution in [-0.2, 0) is 9.53 Å². The van der Waals surface area contributed by atoms with Crippen LogP contribution < -0.4 is 10.1 Å². The van der Waals surface area contributed by atoms with Crippen LogP contribution in [0.15, 0.2) is 18.2 Å². The van der Waals surface area contributed by atoms with Gasteiger partial charge in [0.2, 0.25) is 0 Å². The van der Waals surface area contributed by atoms with Crippen molar-refractivity contribution >= 4 is 11.9 Å². The molecular formula is C13H17NO4. The molecule has 5 heteroatoms. The maximum atomic E-state index is 12.0. The minimum Gasteiger partial charge on any atom is -0.496 e. The van der Waals surface area contributed by atoms with E-state index in [0.29, 0.717) is 11.3 Å². The summed E-state index contributed by atoms with van der Waals surface area (Å²) in [4.78, 5) is 23.2. The quantitative estimate of drug-likeness (QED) is 0.819. The van der Waals surface area contributed by atoms with E-state index in [1.54, 1.807) is 19.1 Å². The van der Waals surface area contributed by atoms with Gasteiger partial charge in [0.1, 0.15) is 11.8 Å². The molecule has 0 aliphatic rings. The van der Waals surface area contributed by atoms with Gasteiger partial charge in [-0.3, -0.25) is 4.79 Å². The van der Waals surface area contributed by atoms with Gasteiger partial charge in [0.05, 0.1) is 19.8 Å². The van der Waals surface area contributed by atoms with E-state index in [1.165, 1.54) is 14.2 Å². The maximum Gasteiger partial charge on any atom is 0.328 e. The first-order valence-electron chi connectivity index (χ1n) is 5.53. The molecule has 0 radical (unpaired) electrons. The van der Waals surface area contributed by atoms with E-state index in [1.807, 2.05) is 13.0 Å². The molecule has 0 bridgehead atoms. The molecular weight excluding hydrogens is 234 g/mol. The second-order valence-electron chi connectivity index (χ2n) is 3.92. The fourth-order valence-electron chi connectivity index (χ4n) is 1.51. The summed E-state index contributed by atoms with van der Waals surface area (Å²) in [6.07, 6.45) is 0. The highest BCUT2D eigenvalue weighted by atomic mass is 16.5. The second-order valence-corrected chi connectivity index (χ2v) is 3.92. The number of esters is 1. The second kappa shape index (κ2) is 6.05. The molecule has 1 N–H and O–H groups in total. The largest absolute Gasteiger partial charge is 0.496 e. The van der Waals surface area contributed by atoms with Crippen molar-refractivity contribution in [2.75, 3.05) is 14.2 Å². The third-order valence-corrected chi connectivity index (χ3v) is 2.50. The number of amides is 1. The van der Waals surface area contributed by atoms with Crippen LogP contribution in [0.1, 0.15) is 22.8 Å². The van der Waals surface area contributed by atoms with E-state index in [9.17, 15) is 9.59 Å². The van der Waals surface area contributed by atoms with Gasteiger partial charge in [-0.25, -0.2) is 4.79 Å². The standard InChI is InChI=1S/C13H17NO4/c1-8-5-6-11(17-3)10(7-8)12(15)14-9(2)13(16)18-4/h5-7,9H,1-4H3,(H,14,15). The number of carbonyl (C=O) groups excluding carboxylic acids is 2. The zero-order chi connectivity index (χ0) is 13.7. The Morgan fingerprint density at radius 2 is 1.94 bits per heavy atom. The van der Waals surface area contributed by atoms with Gasteiger partial charge in [-0.1, -0.05) is 11.6 Å². The summed E-state index contributed by atoms with van der Waals surface area (Å²) in [7, 11) is 2.77. The Morgan fingerprint density at radius 3 is 2.50 bits per heavy atom. The highest BCUT2D eigenvalue weighted by Crippen LogP contribution is 2.19. The molecule has 1 rings (SSSR count). The number of nitrogens with one attached hydrogen (secondary N) is 1. The average Bonchev–Trinajstić information content (AvgIpc) is 2.37. The third kappa shape index (κ3) is 3.23. The van der Waals surface area contributed by atoms with Crippen molar-refractivity contribution in [3.63, 3.8) is 0 Å². The number of ether oxygens (including phenoxy) is 2. The molecule has 0 aliphatic heterocycles. The monoisotopic (exact) mass is 251 g/mol. The Labute approximate surface area is 106 Å². The Kier molecular flexibility index (Phi) is 4.71. The molecule has 0 saturated carbocycles. The number of rotatable bonds is 4. The topological polar surface area (TPSA) is 64.6 Å². The normalized spacial score (nSPS) is 11.6. The van der Waals surface area contributed by atoms with Crippen molar-refractivity contribution in [3.8, 4) is 5.75 Å². The predicted molar refractivity (Wildman–Crippen MR) is 66.7 cm³/mol. The SMILES string of the molecule is COC(=O)C(C)NC(=O)c1cc(C)ccc1OC. The van der Waals surface area contributed by atoms with E-state index >= 15 is 0 Å². The summed E-state index contributed by atoms with van der Waals surface area (Å²) >= 11 is 0. The van der Waals surface area contributed by atoms with Crippen molar-refractivity contribution in [3.05, 3.63) is 29.3 Å². The van der Waals surface area contributed by atoms with Crippen LogP contribution in [0.25, 0.3) is 0 Å². The van der Waals surface area contributed by atoms with Gasteiger partial charge in [-0.05, 0) is 26.0 Å². The molecule has 1 unspecified atom stereocenters. The zero-order valence-corrected chi connectivity index (χ0v) is 10.9. The molecule has 0 fully saturated rings. The van der Waals surface area contributed by atoms with Crippen molar-refractivity contribution < 1.29 is 19.1 Å². The van der Waals surface area contributed by atoms with Gasteiger partial charge in [-0.2, -0.15) is 0 Å². The van der Waals surface area contributed by atoms with Gasteiger partial charge in [-0.15, -0.1) is 0 Å². The molecule has 0 spiro atoms. The molecule has 0 heterocycles. The molecule has 1 atom stereocenters. The minimum atomic E-state index is -0.701. The number of methoxy groups -OCH3 is 2. The average molecular weight is 251 g/mol.